The Morgan fingerprint density at radius 1 is 0.653 bits per heavy atom. The Morgan fingerprint density at radius 2 is 1.08 bits per heavy atom. The first-order valence-corrected chi connectivity index (χ1v) is 26.7. The van der Waals surface area contributed by atoms with E-state index in [0.717, 1.165) is 89.4 Å². The number of ketones is 2. The van der Waals surface area contributed by atoms with Crippen LogP contribution in [0.25, 0.3) is 20.2 Å². The molecule has 8 rings (SSSR count). The minimum atomic E-state index is -1.44. The zero-order valence-electron chi connectivity index (χ0n) is 42.4. The van der Waals surface area contributed by atoms with Crippen LogP contribution in [0.15, 0.2) is 72.8 Å². The molecule has 15 nitrogen and oxygen atoms in total. The van der Waals surface area contributed by atoms with Gasteiger partial charge in [-0.25, -0.2) is 13.6 Å². The summed E-state index contributed by atoms with van der Waals surface area (Å²) in [6.07, 6.45) is 1.69. The van der Waals surface area contributed by atoms with Gasteiger partial charge in [0, 0.05) is 38.6 Å². The van der Waals surface area contributed by atoms with E-state index in [-0.39, 0.29) is 50.5 Å². The van der Waals surface area contributed by atoms with E-state index >= 15 is 0 Å². The fraction of sp³-hybridized carbons (Fsp3) is 0.407. The predicted octanol–water partition coefficient (Wildman–Crippen LogP) is 9.89. The number of halogens is 4. The molecule has 4 atom stereocenters. The summed E-state index contributed by atoms with van der Waals surface area (Å²) in [4.78, 5) is 52.5. The Hall–Kier alpha value is -5.48. The van der Waals surface area contributed by atoms with Crippen LogP contribution in [0.2, 0.25) is 10.0 Å². The van der Waals surface area contributed by atoms with Gasteiger partial charge in [0.2, 0.25) is 0 Å². The maximum absolute atomic E-state index is 14.9. The third-order valence-corrected chi connectivity index (χ3v) is 14.8. The Kier molecular flexibility index (Phi) is 21.2. The number of carboxylic acids is 1. The van der Waals surface area contributed by atoms with Crippen molar-refractivity contribution in [3.8, 4) is 23.0 Å². The number of nitrogens with one attached hydrogen (secondary N) is 1. The number of carbonyl (C=O) groups excluding carboxylic acids is 3. The maximum Gasteiger partial charge on any atom is 0.378 e. The lowest BCUT2D eigenvalue weighted by molar-refractivity contribution is -0.131. The third kappa shape index (κ3) is 15.8. The summed E-state index contributed by atoms with van der Waals surface area (Å²) in [5, 5.41) is 35.8. The fourth-order valence-corrected chi connectivity index (χ4v) is 11.1. The highest BCUT2D eigenvalue weighted by Gasteiger charge is 2.32. The SMILES string of the molecule is COc1c(F)cc([C@@H](O)[C@@H](CN2CCCC2)NC(=O)C(=O)c2cc3ccc(Cl)cc3s2)cc1OC(C)C.COc1c(F)cc([C@@H](O)[C@H](N)CN2CCCC2)cc1OC(C)C.O=C(O)C(=O)c1cc2ccc(Cl)cc2s1. The Morgan fingerprint density at radius 3 is 1.51 bits per heavy atom. The predicted molar refractivity (Wildman–Crippen MR) is 289 cm³/mol. The average Bonchev–Trinajstić information content (AvgIpc) is 4.21. The van der Waals surface area contributed by atoms with E-state index in [1.54, 1.807) is 68.4 Å². The van der Waals surface area contributed by atoms with Crippen LogP contribution in [0.5, 0.6) is 23.0 Å². The summed E-state index contributed by atoms with van der Waals surface area (Å²) in [5.74, 6) is -4.71. The average molecular weight is 1120 g/mol. The number of carbonyl (C=O) groups is 4. The van der Waals surface area contributed by atoms with Gasteiger partial charge in [0.1, 0.15) is 6.10 Å². The van der Waals surface area contributed by atoms with Crippen LogP contribution in [-0.2, 0) is 9.59 Å². The largest absolute Gasteiger partial charge is 0.490 e. The molecule has 404 valence electrons. The number of aliphatic carboxylic acids is 1. The summed E-state index contributed by atoms with van der Waals surface area (Å²) in [7, 11) is 2.73. The number of aliphatic hydroxyl groups is 2. The van der Waals surface area contributed by atoms with Gasteiger partial charge in [-0.05, 0) is 162 Å². The van der Waals surface area contributed by atoms with Crippen LogP contribution in [0, 0.1) is 11.6 Å². The third-order valence-electron chi connectivity index (χ3n) is 12.1. The monoisotopic (exact) mass is 1110 g/mol. The fourth-order valence-electron chi connectivity index (χ4n) is 8.59. The molecule has 2 fully saturated rings. The van der Waals surface area contributed by atoms with Crippen molar-refractivity contribution in [3.05, 3.63) is 115 Å². The Bertz CT molecular complexity index is 2960. The number of nitrogens with zero attached hydrogens (tertiary/aromatic N) is 2. The van der Waals surface area contributed by atoms with E-state index < -0.39 is 59.4 Å². The second kappa shape index (κ2) is 27.0. The van der Waals surface area contributed by atoms with E-state index in [9.17, 15) is 38.2 Å². The Balaban J connectivity index is 0.000000204. The normalized spacial score (nSPS) is 15.4. The van der Waals surface area contributed by atoms with E-state index in [4.69, 9.17) is 53.0 Å². The number of methoxy groups -OCH3 is 2. The molecule has 75 heavy (non-hydrogen) atoms. The highest BCUT2D eigenvalue weighted by Crippen LogP contribution is 2.37. The number of aliphatic hydroxyl groups excluding tert-OH is 2. The maximum atomic E-state index is 14.9. The number of hydrogen-bond acceptors (Lipinski definition) is 15. The van der Waals surface area contributed by atoms with E-state index in [1.165, 1.54) is 37.7 Å². The molecule has 2 aliphatic heterocycles. The second-order valence-corrected chi connectivity index (χ2v) is 21.6. The number of amides is 1. The molecule has 2 aromatic heterocycles. The van der Waals surface area contributed by atoms with Gasteiger partial charge in [-0.15, -0.1) is 22.7 Å². The summed E-state index contributed by atoms with van der Waals surface area (Å²) < 4.78 is 52.2. The smallest absolute Gasteiger partial charge is 0.378 e. The topological polar surface area (TPSA) is 210 Å². The first kappa shape index (κ1) is 58.8. The molecule has 0 aliphatic carbocycles. The van der Waals surface area contributed by atoms with Crippen LogP contribution in [0.3, 0.4) is 0 Å². The molecule has 0 bridgehead atoms. The molecule has 2 saturated heterocycles. The lowest BCUT2D eigenvalue weighted by Gasteiger charge is -2.29. The first-order chi connectivity index (χ1) is 35.6. The molecule has 6 N–H and O–H groups in total. The highest BCUT2D eigenvalue weighted by atomic mass is 35.5. The molecule has 2 aliphatic rings. The number of fused-ring (bicyclic) bond motifs is 2. The lowest BCUT2D eigenvalue weighted by atomic mass is 10.00. The lowest BCUT2D eigenvalue weighted by Crippen LogP contribution is -2.48. The summed E-state index contributed by atoms with van der Waals surface area (Å²) in [5.41, 5.74) is 6.73. The standard InChI is InChI=1S/C27H30ClFN2O5S.C17H27FN2O3.C10H5ClO3S/c1-15(2)36-21-11-17(10-19(29)26(21)35-3)24(32)20(14-31-8-4-5-9-31)30-27(34)25(33)23-12-16-6-7-18(28)13-22(16)37-23;1-11(2)23-15-9-12(8-13(18)17(15)22-3)16(21)14(19)10-20-6-4-5-7-20;11-6-2-1-5-3-8(9(12)10(13)14)15-7(5)4-6/h6-7,10-13,15,20,24,32H,4-5,8-9,14H2,1-3H3,(H,30,34);8-9,11,14,16,21H,4-7,10,19H2,1-3H3;1-4H,(H,13,14)/t20-,24-;14-,16-;/m11./s1. The number of carboxylic acid groups (broad SMARTS) is 1. The minimum Gasteiger partial charge on any atom is -0.490 e. The van der Waals surface area contributed by atoms with Crippen molar-refractivity contribution in [2.45, 2.75) is 89.9 Å². The molecule has 1 amide bonds. The van der Waals surface area contributed by atoms with Crippen molar-refractivity contribution in [1.82, 2.24) is 15.1 Å². The van der Waals surface area contributed by atoms with E-state index in [0.29, 0.717) is 28.7 Å². The van der Waals surface area contributed by atoms with Crippen molar-refractivity contribution in [2.75, 3.05) is 53.5 Å². The van der Waals surface area contributed by atoms with E-state index in [1.807, 2.05) is 13.8 Å². The number of benzene rings is 4. The molecule has 6 aromatic rings. The molecule has 21 heteroatoms. The number of Topliss-reactive ketones (excluding diaryl/α,β-unsaturated/α-hetero) is 2. The number of likely N-dealkylation sites (tertiary alicyclic amines) is 2. The summed E-state index contributed by atoms with van der Waals surface area (Å²) in [6.45, 7) is 11.8. The molecule has 4 heterocycles. The van der Waals surface area contributed by atoms with Gasteiger partial charge in [0.25, 0.3) is 17.5 Å². The van der Waals surface area contributed by atoms with Crippen LogP contribution in [0.4, 0.5) is 8.78 Å². The second-order valence-electron chi connectivity index (χ2n) is 18.6. The number of rotatable bonds is 19. The molecular formula is C54H62Cl2F2N4O11S2. The summed E-state index contributed by atoms with van der Waals surface area (Å²) >= 11 is 14.1. The number of ether oxygens (including phenoxy) is 4. The molecular weight excluding hydrogens is 1050 g/mol. The van der Waals surface area contributed by atoms with Crippen molar-refractivity contribution in [3.63, 3.8) is 0 Å². The highest BCUT2D eigenvalue weighted by molar-refractivity contribution is 7.22. The van der Waals surface area contributed by atoms with Gasteiger partial charge >= 0.3 is 5.97 Å². The zero-order valence-corrected chi connectivity index (χ0v) is 45.5. The molecule has 0 unspecified atom stereocenters. The van der Waals surface area contributed by atoms with Crippen molar-refractivity contribution in [2.24, 2.45) is 5.73 Å². The van der Waals surface area contributed by atoms with Gasteiger partial charge in [-0.3, -0.25) is 14.4 Å². The van der Waals surface area contributed by atoms with Gasteiger partial charge in [0.15, 0.2) is 34.6 Å². The van der Waals surface area contributed by atoms with Crippen molar-refractivity contribution in [1.29, 1.82) is 0 Å². The zero-order chi connectivity index (χ0) is 54.7. The van der Waals surface area contributed by atoms with Crippen LogP contribution < -0.4 is 30.0 Å². The molecule has 4 aromatic carbocycles. The van der Waals surface area contributed by atoms with Crippen molar-refractivity contribution < 1.29 is 62.2 Å². The number of thiophene rings is 2. The number of nitrogens with two attached hydrogens (primary N) is 1. The summed E-state index contributed by atoms with van der Waals surface area (Å²) in [6, 6.07) is 17.8. The van der Waals surface area contributed by atoms with E-state index in [2.05, 4.69) is 15.1 Å². The van der Waals surface area contributed by atoms with Gasteiger partial charge in [-0.1, -0.05) is 35.3 Å². The molecule has 0 spiro atoms. The van der Waals surface area contributed by atoms with Gasteiger partial charge in [0.05, 0.1) is 48.3 Å². The Labute approximate surface area is 452 Å². The van der Waals surface area contributed by atoms with Crippen LogP contribution in [-0.4, -0.2) is 126 Å². The first-order valence-electron chi connectivity index (χ1n) is 24.3. The van der Waals surface area contributed by atoms with Gasteiger partial charge < -0.3 is 55.1 Å². The van der Waals surface area contributed by atoms with Crippen molar-refractivity contribution >= 4 is 89.5 Å². The van der Waals surface area contributed by atoms with Crippen LogP contribution >= 0.6 is 45.9 Å². The molecule has 0 radical (unpaired) electrons. The molecule has 0 saturated carbocycles. The quantitative estimate of drug-likeness (QED) is 0.0378. The van der Waals surface area contributed by atoms with Crippen LogP contribution in [0.1, 0.15) is 96.1 Å². The number of hydrogen-bond donors (Lipinski definition) is 5. The van der Waals surface area contributed by atoms with Gasteiger partial charge in [-0.2, -0.15) is 0 Å². The minimum absolute atomic E-state index is 0.0442.